The molecule has 7 heteroatoms. The van der Waals surface area contributed by atoms with Crippen LogP contribution >= 0.6 is 11.6 Å². The second-order valence-corrected chi connectivity index (χ2v) is 6.30. The van der Waals surface area contributed by atoms with Crippen molar-refractivity contribution in [2.24, 2.45) is 0 Å². The van der Waals surface area contributed by atoms with E-state index in [1.54, 1.807) is 4.90 Å². The number of oxazole rings is 1. The van der Waals surface area contributed by atoms with Gasteiger partial charge in [-0.15, -0.1) is 11.6 Å². The molecule has 6 nitrogen and oxygen atoms in total. The average Bonchev–Trinajstić information content (AvgIpc) is 3.43. The van der Waals surface area contributed by atoms with Crippen LogP contribution in [0.4, 0.5) is 0 Å². The molecule has 0 spiro atoms. The van der Waals surface area contributed by atoms with E-state index in [2.05, 4.69) is 10.3 Å². The Balaban J connectivity index is 1.59. The van der Waals surface area contributed by atoms with E-state index in [1.807, 2.05) is 0 Å². The molecule has 1 aromatic heterocycles. The Bertz CT molecular complexity index is 552. The molecule has 0 unspecified atom stereocenters. The van der Waals surface area contributed by atoms with Gasteiger partial charge in [0.15, 0.2) is 5.69 Å². The summed E-state index contributed by atoms with van der Waals surface area (Å²) >= 11 is 5.64. The van der Waals surface area contributed by atoms with Gasteiger partial charge in [-0.05, 0) is 32.1 Å². The van der Waals surface area contributed by atoms with Crippen molar-refractivity contribution in [2.75, 3.05) is 5.88 Å². The minimum atomic E-state index is -0.205. The van der Waals surface area contributed by atoms with Crippen molar-refractivity contribution in [3.05, 3.63) is 17.8 Å². The van der Waals surface area contributed by atoms with Crippen LogP contribution in [0.5, 0.6) is 0 Å². The van der Waals surface area contributed by atoms with E-state index >= 15 is 0 Å². The number of hydrogen-bond donors (Lipinski definition) is 1. The van der Waals surface area contributed by atoms with Gasteiger partial charge in [-0.3, -0.25) is 9.59 Å². The molecule has 22 heavy (non-hydrogen) atoms. The second kappa shape index (κ2) is 6.69. The first-order valence-corrected chi connectivity index (χ1v) is 8.31. The van der Waals surface area contributed by atoms with Crippen LogP contribution < -0.4 is 5.32 Å². The number of nitrogens with one attached hydrogen (secondary N) is 1. The summed E-state index contributed by atoms with van der Waals surface area (Å²) in [6, 6.07) is 0.561. The van der Waals surface area contributed by atoms with Crippen LogP contribution in [-0.2, 0) is 11.3 Å². The van der Waals surface area contributed by atoms with Crippen molar-refractivity contribution < 1.29 is 14.0 Å². The van der Waals surface area contributed by atoms with E-state index in [4.69, 9.17) is 16.0 Å². The first kappa shape index (κ1) is 15.3. The molecule has 120 valence electrons. The standard InChI is InChI=1S/C15H20ClN3O3/c16-7-1-2-14(20)19(11-5-6-11)8-13-18-12(9-22-13)15(21)17-10-3-4-10/h9-11H,1-8H2,(H,17,21). The van der Waals surface area contributed by atoms with Crippen LogP contribution in [0.1, 0.15) is 54.9 Å². The molecule has 0 aliphatic heterocycles. The summed E-state index contributed by atoms with van der Waals surface area (Å²) in [5.74, 6) is 0.760. The summed E-state index contributed by atoms with van der Waals surface area (Å²) in [5, 5.41) is 2.87. The lowest BCUT2D eigenvalue weighted by atomic mass is 10.3. The fourth-order valence-electron chi connectivity index (χ4n) is 2.29. The third kappa shape index (κ3) is 4.00. The van der Waals surface area contributed by atoms with Crippen LogP contribution in [0.2, 0.25) is 0 Å². The first-order valence-electron chi connectivity index (χ1n) is 7.78. The zero-order chi connectivity index (χ0) is 15.5. The van der Waals surface area contributed by atoms with Crippen molar-refractivity contribution >= 4 is 23.4 Å². The van der Waals surface area contributed by atoms with Gasteiger partial charge in [-0.1, -0.05) is 0 Å². The largest absolute Gasteiger partial charge is 0.446 e. The Morgan fingerprint density at radius 3 is 2.77 bits per heavy atom. The van der Waals surface area contributed by atoms with Crippen molar-refractivity contribution in [3.8, 4) is 0 Å². The normalized spacial score (nSPS) is 17.3. The molecule has 2 aliphatic rings. The van der Waals surface area contributed by atoms with Crippen LogP contribution in [-0.4, -0.2) is 39.7 Å². The van der Waals surface area contributed by atoms with Gasteiger partial charge in [0.05, 0.1) is 6.54 Å². The number of aromatic nitrogens is 1. The van der Waals surface area contributed by atoms with Crippen LogP contribution in [0.15, 0.2) is 10.7 Å². The SMILES string of the molecule is O=C(NC1CC1)c1coc(CN(C(=O)CCCCl)C2CC2)n1. The monoisotopic (exact) mass is 325 g/mol. The lowest BCUT2D eigenvalue weighted by Crippen LogP contribution is -2.32. The molecule has 1 aromatic rings. The quantitative estimate of drug-likeness (QED) is 0.742. The van der Waals surface area contributed by atoms with Crippen molar-refractivity contribution in [1.82, 2.24) is 15.2 Å². The predicted octanol–water partition coefficient (Wildman–Crippen LogP) is 2.08. The molecule has 1 heterocycles. The Kier molecular flexibility index (Phi) is 4.66. The molecule has 0 aromatic carbocycles. The maximum absolute atomic E-state index is 12.2. The van der Waals surface area contributed by atoms with E-state index in [0.29, 0.717) is 31.2 Å². The van der Waals surface area contributed by atoms with Gasteiger partial charge >= 0.3 is 0 Å². The topological polar surface area (TPSA) is 75.4 Å². The van der Waals surface area contributed by atoms with Gasteiger partial charge in [0.2, 0.25) is 11.8 Å². The molecule has 2 saturated carbocycles. The van der Waals surface area contributed by atoms with Gasteiger partial charge in [-0.2, -0.15) is 0 Å². The lowest BCUT2D eigenvalue weighted by Gasteiger charge is -2.20. The zero-order valence-electron chi connectivity index (χ0n) is 12.4. The fourth-order valence-corrected chi connectivity index (χ4v) is 2.42. The van der Waals surface area contributed by atoms with Crippen molar-refractivity contribution in [1.29, 1.82) is 0 Å². The molecule has 2 fully saturated rings. The maximum atomic E-state index is 12.2. The number of hydrogen-bond acceptors (Lipinski definition) is 4. The molecule has 0 radical (unpaired) electrons. The van der Waals surface area contributed by atoms with Gasteiger partial charge < -0.3 is 14.6 Å². The highest BCUT2D eigenvalue weighted by atomic mass is 35.5. The predicted molar refractivity (Wildman–Crippen MR) is 80.5 cm³/mol. The van der Waals surface area contributed by atoms with Crippen molar-refractivity contribution in [3.63, 3.8) is 0 Å². The summed E-state index contributed by atoms with van der Waals surface area (Å²) in [4.78, 5) is 30.1. The minimum Gasteiger partial charge on any atom is -0.446 e. The van der Waals surface area contributed by atoms with Gasteiger partial charge in [0.1, 0.15) is 6.26 Å². The zero-order valence-corrected chi connectivity index (χ0v) is 13.1. The summed E-state index contributed by atoms with van der Waals surface area (Å²) in [6.07, 6.45) is 6.56. The smallest absolute Gasteiger partial charge is 0.273 e. The first-order chi connectivity index (χ1) is 10.7. The Hall–Kier alpha value is -1.56. The van der Waals surface area contributed by atoms with E-state index in [1.165, 1.54) is 6.26 Å². The summed E-state index contributed by atoms with van der Waals surface area (Å²) in [6.45, 7) is 0.322. The molecule has 0 saturated heterocycles. The minimum absolute atomic E-state index is 0.0744. The third-order valence-corrected chi connectivity index (χ3v) is 4.10. The maximum Gasteiger partial charge on any atom is 0.273 e. The lowest BCUT2D eigenvalue weighted by molar-refractivity contribution is -0.132. The highest BCUT2D eigenvalue weighted by molar-refractivity contribution is 6.17. The van der Waals surface area contributed by atoms with Crippen LogP contribution in [0.25, 0.3) is 0 Å². The average molecular weight is 326 g/mol. The van der Waals surface area contributed by atoms with E-state index in [9.17, 15) is 9.59 Å². The number of alkyl halides is 1. The van der Waals surface area contributed by atoms with Crippen LogP contribution in [0, 0.1) is 0 Å². The van der Waals surface area contributed by atoms with Gasteiger partial charge in [0, 0.05) is 24.4 Å². The Morgan fingerprint density at radius 1 is 1.36 bits per heavy atom. The number of carbonyl (C=O) groups is 2. The van der Waals surface area contributed by atoms with Crippen LogP contribution in [0.3, 0.4) is 0 Å². The Morgan fingerprint density at radius 2 is 2.14 bits per heavy atom. The number of rotatable bonds is 8. The Labute approximate surface area is 134 Å². The molecule has 2 aliphatic carbocycles. The molecular formula is C15H20ClN3O3. The van der Waals surface area contributed by atoms with Gasteiger partial charge in [-0.25, -0.2) is 4.98 Å². The van der Waals surface area contributed by atoms with E-state index in [-0.39, 0.29) is 29.6 Å². The molecule has 0 bridgehead atoms. The number of amides is 2. The number of carbonyl (C=O) groups excluding carboxylic acids is 2. The number of halogens is 1. The highest BCUT2D eigenvalue weighted by Crippen LogP contribution is 2.29. The molecule has 0 atom stereocenters. The fraction of sp³-hybridized carbons (Fsp3) is 0.667. The summed E-state index contributed by atoms with van der Waals surface area (Å²) < 4.78 is 5.36. The van der Waals surface area contributed by atoms with E-state index < -0.39 is 0 Å². The summed E-state index contributed by atoms with van der Waals surface area (Å²) in [5.41, 5.74) is 0.283. The number of nitrogens with zero attached hydrogens (tertiary/aromatic N) is 2. The van der Waals surface area contributed by atoms with E-state index in [0.717, 1.165) is 25.7 Å². The highest BCUT2D eigenvalue weighted by Gasteiger charge is 2.33. The van der Waals surface area contributed by atoms with Gasteiger partial charge in [0.25, 0.3) is 5.91 Å². The molecule has 2 amide bonds. The third-order valence-electron chi connectivity index (χ3n) is 3.83. The molecule has 3 rings (SSSR count). The summed E-state index contributed by atoms with van der Waals surface area (Å²) in [7, 11) is 0. The molecule has 1 N–H and O–H groups in total. The van der Waals surface area contributed by atoms with Crippen molar-refractivity contribution in [2.45, 2.75) is 57.2 Å². The molecular weight excluding hydrogens is 306 g/mol. The second-order valence-electron chi connectivity index (χ2n) is 5.92.